The molecule has 140 valence electrons. The lowest BCUT2D eigenvalue weighted by atomic mass is 10.1. The van der Waals surface area contributed by atoms with Crippen LogP contribution in [0.25, 0.3) is 0 Å². The van der Waals surface area contributed by atoms with E-state index in [0.717, 1.165) is 11.1 Å². The summed E-state index contributed by atoms with van der Waals surface area (Å²) in [6, 6.07) is 13.3. The first-order valence-corrected chi connectivity index (χ1v) is 9.04. The second kappa shape index (κ2) is 8.77. The summed E-state index contributed by atoms with van der Waals surface area (Å²) in [5, 5.41) is 8.97. The second-order valence-electron chi connectivity index (χ2n) is 6.26. The van der Waals surface area contributed by atoms with Crippen molar-refractivity contribution in [1.29, 1.82) is 0 Å². The number of hydrazone groups is 1. The van der Waals surface area contributed by atoms with Crippen molar-refractivity contribution in [1.82, 2.24) is 10.3 Å². The molecule has 5 nitrogen and oxygen atoms in total. The number of amides is 2. The maximum Gasteiger partial charge on any atom is 0.267 e. The lowest BCUT2D eigenvalue weighted by Crippen LogP contribution is -2.39. The van der Waals surface area contributed by atoms with Gasteiger partial charge in [-0.1, -0.05) is 35.9 Å². The van der Waals surface area contributed by atoms with Gasteiger partial charge in [-0.25, -0.2) is 9.40 Å². The van der Waals surface area contributed by atoms with E-state index >= 15 is 0 Å². The summed E-state index contributed by atoms with van der Waals surface area (Å²) in [6.45, 7) is 0.673. The standard InChI is InChI=1S/C20H19ClFN3O2/c21-16-5-1-14(2-6-16)11-12-23-20(27)18-9-10-19(26)25(24-18)13-15-3-7-17(22)8-4-15/h1-8H,9-13H2,(H,23,27). The zero-order valence-corrected chi connectivity index (χ0v) is 15.4. The van der Waals surface area contributed by atoms with E-state index in [9.17, 15) is 14.0 Å². The molecule has 0 aliphatic carbocycles. The molecular formula is C20H19ClFN3O2. The summed E-state index contributed by atoms with van der Waals surface area (Å²) >= 11 is 5.85. The predicted octanol–water partition coefficient (Wildman–Crippen LogP) is 3.32. The van der Waals surface area contributed by atoms with Gasteiger partial charge >= 0.3 is 0 Å². The van der Waals surface area contributed by atoms with E-state index in [-0.39, 0.29) is 30.6 Å². The lowest BCUT2D eigenvalue weighted by molar-refractivity contribution is -0.132. The largest absolute Gasteiger partial charge is 0.351 e. The Morgan fingerprint density at radius 3 is 2.44 bits per heavy atom. The highest BCUT2D eigenvalue weighted by molar-refractivity contribution is 6.39. The number of rotatable bonds is 6. The Morgan fingerprint density at radius 2 is 1.74 bits per heavy atom. The summed E-state index contributed by atoms with van der Waals surface area (Å²) in [6.07, 6.45) is 1.21. The van der Waals surface area contributed by atoms with Crippen LogP contribution in [0, 0.1) is 5.82 Å². The minimum absolute atomic E-state index is 0.156. The van der Waals surface area contributed by atoms with Crippen LogP contribution in [-0.4, -0.2) is 29.1 Å². The van der Waals surface area contributed by atoms with Gasteiger partial charge < -0.3 is 5.32 Å². The number of hydrogen-bond donors (Lipinski definition) is 1. The Balaban J connectivity index is 1.57. The zero-order chi connectivity index (χ0) is 19.2. The number of carbonyl (C=O) groups is 2. The molecule has 1 N–H and O–H groups in total. The Hall–Kier alpha value is -2.73. The number of benzene rings is 2. The van der Waals surface area contributed by atoms with Gasteiger partial charge in [0.1, 0.15) is 11.5 Å². The molecule has 0 fully saturated rings. The molecule has 0 unspecified atom stereocenters. The monoisotopic (exact) mass is 387 g/mol. The van der Waals surface area contributed by atoms with Gasteiger partial charge in [-0.3, -0.25) is 9.59 Å². The molecule has 0 bridgehead atoms. The van der Waals surface area contributed by atoms with E-state index in [1.54, 1.807) is 12.1 Å². The average Bonchev–Trinajstić information content (AvgIpc) is 2.67. The van der Waals surface area contributed by atoms with Crippen molar-refractivity contribution in [3.05, 3.63) is 70.5 Å². The Morgan fingerprint density at radius 1 is 1.07 bits per heavy atom. The van der Waals surface area contributed by atoms with Gasteiger partial charge in [0.25, 0.3) is 5.91 Å². The predicted molar refractivity (Wildman–Crippen MR) is 102 cm³/mol. The van der Waals surface area contributed by atoms with E-state index in [0.29, 0.717) is 30.1 Å². The smallest absolute Gasteiger partial charge is 0.267 e. The van der Waals surface area contributed by atoms with Crippen LogP contribution in [-0.2, 0) is 22.6 Å². The molecule has 0 radical (unpaired) electrons. The number of carbonyl (C=O) groups excluding carboxylic acids is 2. The second-order valence-corrected chi connectivity index (χ2v) is 6.69. The van der Waals surface area contributed by atoms with E-state index in [2.05, 4.69) is 10.4 Å². The van der Waals surface area contributed by atoms with Crippen LogP contribution >= 0.6 is 11.6 Å². The van der Waals surface area contributed by atoms with Crippen LogP contribution in [0.2, 0.25) is 5.02 Å². The molecule has 2 amide bonds. The van der Waals surface area contributed by atoms with Crippen LogP contribution < -0.4 is 5.32 Å². The fraction of sp³-hybridized carbons (Fsp3) is 0.250. The molecule has 2 aromatic carbocycles. The quantitative estimate of drug-likeness (QED) is 0.826. The third-order valence-electron chi connectivity index (χ3n) is 4.23. The maximum absolute atomic E-state index is 13.0. The third kappa shape index (κ3) is 5.37. The van der Waals surface area contributed by atoms with E-state index in [4.69, 9.17) is 11.6 Å². The number of halogens is 2. The Labute approximate surface area is 161 Å². The average molecular weight is 388 g/mol. The number of nitrogens with one attached hydrogen (secondary N) is 1. The molecule has 0 spiro atoms. The molecule has 1 aliphatic heterocycles. The zero-order valence-electron chi connectivity index (χ0n) is 14.6. The summed E-state index contributed by atoms with van der Waals surface area (Å²) in [5.74, 6) is -0.773. The summed E-state index contributed by atoms with van der Waals surface area (Å²) in [4.78, 5) is 24.4. The first-order chi connectivity index (χ1) is 13.0. The van der Waals surface area contributed by atoms with Crippen molar-refractivity contribution in [2.24, 2.45) is 5.10 Å². The maximum atomic E-state index is 13.0. The molecule has 0 atom stereocenters. The first kappa shape index (κ1) is 19.0. The van der Waals surface area contributed by atoms with Crippen molar-refractivity contribution < 1.29 is 14.0 Å². The summed E-state index contributed by atoms with van der Waals surface area (Å²) in [5.41, 5.74) is 2.14. The van der Waals surface area contributed by atoms with Gasteiger partial charge in [-0.05, 0) is 41.8 Å². The van der Waals surface area contributed by atoms with Gasteiger partial charge in [-0.2, -0.15) is 5.10 Å². The van der Waals surface area contributed by atoms with E-state index in [1.165, 1.54) is 17.1 Å². The van der Waals surface area contributed by atoms with Gasteiger partial charge in [-0.15, -0.1) is 0 Å². The molecule has 0 saturated heterocycles. The highest BCUT2D eigenvalue weighted by Crippen LogP contribution is 2.14. The molecule has 27 heavy (non-hydrogen) atoms. The fourth-order valence-electron chi connectivity index (χ4n) is 2.72. The highest BCUT2D eigenvalue weighted by atomic mass is 35.5. The van der Waals surface area contributed by atoms with Crippen LogP contribution in [0.5, 0.6) is 0 Å². The van der Waals surface area contributed by atoms with Crippen molar-refractivity contribution >= 4 is 29.1 Å². The molecule has 1 aliphatic rings. The molecule has 3 rings (SSSR count). The van der Waals surface area contributed by atoms with Gasteiger partial charge in [0.15, 0.2) is 0 Å². The van der Waals surface area contributed by atoms with Crippen molar-refractivity contribution in [2.45, 2.75) is 25.8 Å². The molecular weight excluding hydrogens is 369 g/mol. The summed E-state index contributed by atoms with van der Waals surface area (Å²) in [7, 11) is 0. The Kier molecular flexibility index (Phi) is 6.19. The van der Waals surface area contributed by atoms with Crippen LogP contribution in [0.15, 0.2) is 53.6 Å². The molecule has 1 heterocycles. The molecule has 0 saturated carbocycles. The van der Waals surface area contributed by atoms with Crippen LogP contribution in [0.4, 0.5) is 4.39 Å². The van der Waals surface area contributed by atoms with Crippen LogP contribution in [0.1, 0.15) is 24.0 Å². The van der Waals surface area contributed by atoms with E-state index < -0.39 is 0 Å². The number of hydrogen-bond acceptors (Lipinski definition) is 3. The lowest BCUT2D eigenvalue weighted by Gasteiger charge is -2.23. The van der Waals surface area contributed by atoms with Crippen molar-refractivity contribution in [3.8, 4) is 0 Å². The SMILES string of the molecule is O=C(NCCc1ccc(Cl)cc1)C1=NN(Cc2ccc(F)cc2)C(=O)CC1. The van der Waals surface area contributed by atoms with Gasteiger partial charge in [0, 0.05) is 24.4 Å². The molecule has 2 aromatic rings. The Bertz CT molecular complexity index is 851. The topological polar surface area (TPSA) is 61.8 Å². The van der Waals surface area contributed by atoms with Crippen molar-refractivity contribution in [3.63, 3.8) is 0 Å². The minimum Gasteiger partial charge on any atom is -0.351 e. The number of nitrogens with zero attached hydrogens (tertiary/aromatic N) is 2. The molecule has 0 aromatic heterocycles. The third-order valence-corrected chi connectivity index (χ3v) is 4.48. The van der Waals surface area contributed by atoms with Gasteiger partial charge in [0.05, 0.1) is 6.54 Å². The van der Waals surface area contributed by atoms with Crippen molar-refractivity contribution in [2.75, 3.05) is 6.54 Å². The highest BCUT2D eigenvalue weighted by Gasteiger charge is 2.24. The normalized spacial score (nSPS) is 14.1. The molecule has 7 heteroatoms. The minimum atomic E-state index is -0.340. The first-order valence-electron chi connectivity index (χ1n) is 8.66. The summed E-state index contributed by atoms with van der Waals surface area (Å²) < 4.78 is 13.0. The van der Waals surface area contributed by atoms with E-state index in [1.807, 2.05) is 24.3 Å². The van der Waals surface area contributed by atoms with Gasteiger partial charge in [0.2, 0.25) is 5.91 Å². The fourth-order valence-corrected chi connectivity index (χ4v) is 2.85. The van der Waals surface area contributed by atoms with Crippen LogP contribution in [0.3, 0.4) is 0 Å².